The van der Waals surface area contributed by atoms with Gasteiger partial charge in [-0.3, -0.25) is 0 Å². The van der Waals surface area contributed by atoms with Gasteiger partial charge < -0.3 is 0 Å². The van der Waals surface area contributed by atoms with E-state index in [4.69, 9.17) is 0 Å². The lowest BCUT2D eigenvalue weighted by Crippen LogP contribution is -2.55. The molecular formula is C13H24. The first-order valence-corrected chi connectivity index (χ1v) is 6.01. The van der Waals surface area contributed by atoms with Crippen LogP contribution in [0.4, 0.5) is 0 Å². The molecule has 0 unspecified atom stereocenters. The maximum atomic E-state index is 2.42. The first kappa shape index (κ1) is 9.55. The van der Waals surface area contributed by atoms with Crippen molar-refractivity contribution in [2.75, 3.05) is 0 Å². The van der Waals surface area contributed by atoms with Gasteiger partial charge >= 0.3 is 0 Å². The third-order valence-electron chi connectivity index (χ3n) is 5.12. The maximum Gasteiger partial charge on any atom is -0.0241 e. The Morgan fingerprint density at radius 1 is 0.846 bits per heavy atom. The van der Waals surface area contributed by atoms with Crippen molar-refractivity contribution in [3.63, 3.8) is 0 Å². The fourth-order valence-corrected chi connectivity index (χ4v) is 3.86. The Morgan fingerprint density at radius 2 is 1.31 bits per heavy atom. The Balaban J connectivity index is 2.04. The van der Waals surface area contributed by atoms with Gasteiger partial charge in [-0.2, -0.15) is 0 Å². The molecule has 0 heteroatoms. The highest BCUT2D eigenvalue weighted by atomic mass is 14.6. The molecule has 0 bridgehead atoms. The van der Waals surface area contributed by atoms with Gasteiger partial charge in [-0.15, -0.1) is 0 Å². The quantitative estimate of drug-likeness (QED) is 0.596. The molecule has 0 heterocycles. The summed E-state index contributed by atoms with van der Waals surface area (Å²) in [6.07, 6.45) is 7.65. The van der Waals surface area contributed by atoms with Crippen molar-refractivity contribution in [2.24, 2.45) is 22.7 Å². The summed E-state index contributed by atoms with van der Waals surface area (Å²) in [5.74, 6) is 1.78. The molecule has 2 saturated carbocycles. The normalized spacial score (nSPS) is 29.1. The minimum absolute atomic E-state index is 0.709. The summed E-state index contributed by atoms with van der Waals surface area (Å²) in [6.45, 7) is 9.69. The van der Waals surface area contributed by atoms with Crippen LogP contribution in [0.5, 0.6) is 0 Å². The Bertz CT molecular complexity index is 178. The van der Waals surface area contributed by atoms with Crippen LogP contribution in [0.15, 0.2) is 0 Å². The van der Waals surface area contributed by atoms with Gasteiger partial charge in [0.05, 0.1) is 0 Å². The second-order valence-corrected chi connectivity index (χ2v) is 6.25. The van der Waals surface area contributed by atoms with Crippen LogP contribution in [-0.4, -0.2) is 0 Å². The van der Waals surface area contributed by atoms with Crippen LogP contribution >= 0.6 is 0 Å². The molecule has 0 aromatic heterocycles. The van der Waals surface area contributed by atoms with E-state index in [1.807, 2.05) is 0 Å². The summed E-state index contributed by atoms with van der Waals surface area (Å²) in [5.41, 5.74) is 1.55. The van der Waals surface area contributed by atoms with E-state index in [0.29, 0.717) is 5.41 Å². The van der Waals surface area contributed by atoms with Gasteiger partial charge in [-0.1, -0.05) is 34.1 Å². The summed E-state index contributed by atoms with van der Waals surface area (Å²) in [6, 6.07) is 0. The van der Waals surface area contributed by atoms with Crippen LogP contribution in [0.25, 0.3) is 0 Å². The van der Waals surface area contributed by atoms with Crippen LogP contribution < -0.4 is 0 Å². The van der Waals surface area contributed by atoms with Gasteiger partial charge in [0.2, 0.25) is 0 Å². The Hall–Kier alpha value is 0. The molecule has 0 aromatic rings. The molecule has 76 valence electrons. The molecular weight excluding hydrogens is 156 g/mol. The Labute approximate surface area is 83.1 Å². The van der Waals surface area contributed by atoms with Crippen molar-refractivity contribution in [1.29, 1.82) is 0 Å². The van der Waals surface area contributed by atoms with Crippen LogP contribution in [0.3, 0.4) is 0 Å². The monoisotopic (exact) mass is 180 g/mol. The van der Waals surface area contributed by atoms with Gasteiger partial charge in [0, 0.05) is 0 Å². The highest BCUT2D eigenvalue weighted by Gasteiger charge is 2.58. The largest absolute Gasteiger partial charge is 0.0622 e. The van der Waals surface area contributed by atoms with Crippen molar-refractivity contribution < 1.29 is 0 Å². The minimum atomic E-state index is 0.709. The molecule has 2 aliphatic carbocycles. The van der Waals surface area contributed by atoms with Crippen molar-refractivity contribution in [2.45, 2.75) is 59.8 Å². The Morgan fingerprint density at radius 3 is 1.54 bits per heavy atom. The molecule has 0 aliphatic heterocycles. The predicted octanol–water partition coefficient (Wildman–Crippen LogP) is 4.25. The fourth-order valence-electron chi connectivity index (χ4n) is 3.86. The molecule has 0 radical (unpaired) electrons. The molecule has 0 atom stereocenters. The first-order chi connectivity index (χ1) is 6.01. The highest BCUT2D eigenvalue weighted by molar-refractivity contribution is 5.08. The van der Waals surface area contributed by atoms with Crippen LogP contribution in [0.2, 0.25) is 0 Å². The van der Waals surface area contributed by atoms with E-state index in [-0.39, 0.29) is 0 Å². The lowest BCUT2D eigenvalue weighted by Gasteiger charge is -2.65. The zero-order valence-electron chi connectivity index (χ0n) is 9.69. The summed E-state index contributed by atoms with van der Waals surface area (Å²) >= 11 is 0. The first-order valence-electron chi connectivity index (χ1n) is 6.01. The van der Waals surface area contributed by atoms with Gasteiger partial charge in [0.25, 0.3) is 0 Å². The average Bonchev–Trinajstić information content (AvgIpc) is 1.78. The van der Waals surface area contributed by atoms with Crippen LogP contribution in [-0.2, 0) is 0 Å². The van der Waals surface area contributed by atoms with Crippen molar-refractivity contribution in [1.82, 2.24) is 0 Å². The average molecular weight is 180 g/mol. The second kappa shape index (κ2) is 2.74. The molecule has 0 N–H and O–H groups in total. The lowest BCUT2D eigenvalue weighted by molar-refractivity contribution is -0.148. The summed E-state index contributed by atoms with van der Waals surface area (Å²) in [5, 5.41) is 0. The molecule has 2 rings (SSSR count). The third-order valence-corrected chi connectivity index (χ3v) is 5.12. The van der Waals surface area contributed by atoms with E-state index in [2.05, 4.69) is 27.7 Å². The standard InChI is InChI=1S/C13H24/c1-10(2)13(11(3)4)8-12(9-13)6-5-7-12/h10-11H,5-9H2,1-4H3. The Kier molecular flexibility index (Phi) is 2.02. The van der Waals surface area contributed by atoms with Crippen LogP contribution in [0, 0.1) is 22.7 Å². The number of rotatable bonds is 2. The summed E-state index contributed by atoms with van der Waals surface area (Å²) in [4.78, 5) is 0. The number of hydrogen-bond acceptors (Lipinski definition) is 0. The molecule has 1 spiro atoms. The van der Waals surface area contributed by atoms with E-state index in [1.165, 1.54) is 32.1 Å². The lowest BCUT2D eigenvalue weighted by atomic mass is 9.40. The van der Waals surface area contributed by atoms with E-state index in [1.54, 1.807) is 0 Å². The zero-order valence-corrected chi connectivity index (χ0v) is 9.69. The molecule has 2 aliphatic rings. The zero-order chi connectivity index (χ0) is 9.69. The smallest absolute Gasteiger partial charge is 0.0241 e. The van der Waals surface area contributed by atoms with Crippen molar-refractivity contribution >= 4 is 0 Å². The molecule has 0 saturated heterocycles. The molecule has 13 heavy (non-hydrogen) atoms. The van der Waals surface area contributed by atoms with Gasteiger partial charge in [-0.25, -0.2) is 0 Å². The van der Waals surface area contributed by atoms with Gasteiger partial charge in [0.1, 0.15) is 0 Å². The van der Waals surface area contributed by atoms with Gasteiger partial charge in [-0.05, 0) is 48.3 Å². The highest BCUT2D eigenvalue weighted by Crippen LogP contribution is 2.69. The number of hydrogen-bond donors (Lipinski definition) is 0. The maximum absolute atomic E-state index is 2.42. The predicted molar refractivity (Wildman–Crippen MR) is 57.6 cm³/mol. The molecule has 0 nitrogen and oxygen atoms in total. The van der Waals surface area contributed by atoms with Crippen molar-refractivity contribution in [3.8, 4) is 0 Å². The summed E-state index contributed by atoms with van der Waals surface area (Å²) < 4.78 is 0. The van der Waals surface area contributed by atoms with E-state index < -0.39 is 0 Å². The topological polar surface area (TPSA) is 0 Å². The molecule has 2 fully saturated rings. The fraction of sp³-hybridized carbons (Fsp3) is 1.00. The summed E-state index contributed by atoms with van der Waals surface area (Å²) in [7, 11) is 0. The minimum Gasteiger partial charge on any atom is -0.0622 e. The van der Waals surface area contributed by atoms with Crippen LogP contribution in [0.1, 0.15) is 59.8 Å². The van der Waals surface area contributed by atoms with E-state index in [9.17, 15) is 0 Å². The van der Waals surface area contributed by atoms with E-state index in [0.717, 1.165) is 17.3 Å². The van der Waals surface area contributed by atoms with E-state index >= 15 is 0 Å². The molecule has 0 aromatic carbocycles. The van der Waals surface area contributed by atoms with Gasteiger partial charge in [0.15, 0.2) is 0 Å². The second-order valence-electron chi connectivity index (χ2n) is 6.25. The molecule has 0 amide bonds. The van der Waals surface area contributed by atoms with Crippen molar-refractivity contribution in [3.05, 3.63) is 0 Å². The SMILES string of the molecule is CC(C)C1(C(C)C)CC2(CCC2)C1. The third kappa shape index (κ3) is 1.17.